The van der Waals surface area contributed by atoms with Crippen molar-refractivity contribution in [2.45, 2.75) is 13.3 Å². The van der Waals surface area contributed by atoms with Crippen LogP contribution in [0.25, 0.3) is 11.3 Å². The fraction of sp³-hybridized carbons (Fsp3) is 0.357. The van der Waals surface area contributed by atoms with E-state index in [9.17, 15) is 0 Å². The molecule has 1 aromatic carbocycles. The Hall–Kier alpha value is -2.17. The number of rotatable bonds is 2. The van der Waals surface area contributed by atoms with Gasteiger partial charge in [0.1, 0.15) is 0 Å². The molecule has 0 atom stereocenters. The molecule has 1 aliphatic rings. The number of fused-ring (bicyclic) bond motifs is 1. The molecule has 1 N–H and O–H groups in total. The van der Waals surface area contributed by atoms with Crippen LogP contribution in [0, 0.1) is 6.92 Å². The molecule has 100 valence electrons. The van der Waals surface area contributed by atoms with Gasteiger partial charge in [-0.3, -0.25) is 0 Å². The first-order valence-corrected chi connectivity index (χ1v) is 6.28. The summed E-state index contributed by atoms with van der Waals surface area (Å²) in [4.78, 5) is 7.48. The monoisotopic (exact) mass is 260 g/mol. The summed E-state index contributed by atoms with van der Waals surface area (Å²) >= 11 is 0. The molecule has 1 aliphatic heterocycles. The Morgan fingerprint density at radius 1 is 1.21 bits per heavy atom. The number of benzene rings is 1. The van der Waals surface area contributed by atoms with Crippen LogP contribution < -0.4 is 14.2 Å². The summed E-state index contributed by atoms with van der Waals surface area (Å²) in [7, 11) is 1.59. The Labute approximate surface area is 111 Å². The highest BCUT2D eigenvalue weighted by atomic mass is 16.5. The minimum Gasteiger partial charge on any atom is -0.490 e. The summed E-state index contributed by atoms with van der Waals surface area (Å²) in [5.74, 6) is 1.57. The fourth-order valence-corrected chi connectivity index (χ4v) is 2.12. The molecule has 0 saturated carbocycles. The third kappa shape index (κ3) is 2.23. The molecule has 0 amide bonds. The zero-order valence-corrected chi connectivity index (χ0v) is 11.0. The van der Waals surface area contributed by atoms with Crippen LogP contribution in [0.5, 0.6) is 17.5 Å². The summed E-state index contributed by atoms with van der Waals surface area (Å²) in [6, 6.07) is 6.38. The van der Waals surface area contributed by atoms with Crippen LogP contribution in [0.15, 0.2) is 18.2 Å². The molecule has 0 bridgehead atoms. The molecule has 5 heteroatoms. The van der Waals surface area contributed by atoms with Crippen molar-refractivity contribution in [3.8, 4) is 28.8 Å². The van der Waals surface area contributed by atoms with Crippen molar-refractivity contribution in [3.05, 3.63) is 23.9 Å². The lowest BCUT2D eigenvalue weighted by molar-refractivity contribution is 0.297. The topological polar surface area (TPSA) is 56.4 Å². The fourth-order valence-electron chi connectivity index (χ4n) is 2.12. The number of H-pyrrole nitrogens is 1. The van der Waals surface area contributed by atoms with Crippen LogP contribution >= 0.6 is 0 Å². The molecule has 19 heavy (non-hydrogen) atoms. The second kappa shape index (κ2) is 4.84. The molecule has 0 saturated heterocycles. The van der Waals surface area contributed by atoms with Crippen molar-refractivity contribution in [3.63, 3.8) is 0 Å². The molecule has 0 fully saturated rings. The van der Waals surface area contributed by atoms with Gasteiger partial charge in [-0.2, -0.15) is 4.98 Å². The molecule has 1 aromatic heterocycles. The Morgan fingerprint density at radius 3 is 2.74 bits per heavy atom. The van der Waals surface area contributed by atoms with Gasteiger partial charge in [0.05, 0.1) is 26.0 Å². The molecule has 2 aromatic rings. The number of hydrogen-bond acceptors (Lipinski definition) is 4. The quantitative estimate of drug-likeness (QED) is 0.901. The minimum atomic E-state index is 0.514. The second-order valence-electron chi connectivity index (χ2n) is 4.43. The lowest BCUT2D eigenvalue weighted by Gasteiger charge is -2.08. The highest BCUT2D eigenvalue weighted by Gasteiger charge is 2.14. The molecule has 3 rings (SSSR count). The lowest BCUT2D eigenvalue weighted by Crippen LogP contribution is -1.97. The van der Waals surface area contributed by atoms with Crippen molar-refractivity contribution in [1.29, 1.82) is 0 Å². The maximum absolute atomic E-state index is 5.69. The number of aryl methyl sites for hydroxylation is 1. The number of nitrogens with zero attached hydrogens (tertiary/aromatic N) is 1. The molecule has 0 radical (unpaired) electrons. The zero-order chi connectivity index (χ0) is 13.2. The van der Waals surface area contributed by atoms with Crippen molar-refractivity contribution in [2.24, 2.45) is 0 Å². The third-order valence-corrected chi connectivity index (χ3v) is 3.08. The second-order valence-corrected chi connectivity index (χ2v) is 4.43. The van der Waals surface area contributed by atoms with Gasteiger partial charge in [-0.25, -0.2) is 0 Å². The Bertz CT molecular complexity index is 592. The minimum absolute atomic E-state index is 0.514. The smallest absolute Gasteiger partial charge is 0.294 e. The predicted octanol–water partition coefficient (Wildman–Crippen LogP) is 2.56. The summed E-state index contributed by atoms with van der Waals surface area (Å²) in [5.41, 5.74) is 2.82. The van der Waals surface area contributed by atoms with Gasteiger partial charge in [0.2, 0.25) is 0 Å². The van der Waals surface area contributed by atoms with E-state index in [0.29, 0.717) is 19.2 Å². The van der Waals surface area contributed by atoms with Gasteiger partial charge in [0.25, 0.3) is 6.01 Å². The Morgan fingerprint density at radius 2 is 2.00 bits per heavy atom. The SMILES string of the molecule is COc1nc(-c2ccc3c(c2)OCCCO3)c(C)[nH]1. The van der Waals surface area contributed by atoms with Gasteiger partial charge in [-0.05, 0) is 25.1 Å². The van der Waals surface area contributed by atoms with Crippen LogP contribution in [-0.4, -0.2) is 30.3 Å². The van der Waals surface area contributed by atoms with Gasteiger partial charge in [0, 0.05) is 17.7 Å². The third-order valence-electron chi connectivity index (χ3n) is 3.08. The maximum atomic E-state index is 5.69. The summed E-state index contributed by atoms with van der Waals surface area (Å²) < 4.78 is 16.4. The molecule has 0 spiro atoms. The number of hydrogen-bond donors (Lipinski definition) is 1. The number of ether oxygens (including phenoxy) is 3. The maximum Gasteiger partial charge on any atom is 0.294 e. The van der Waals surface area contributed by atoms with Crippen LogP contribution in [0.2, 0.25) is 0 Å². The molecule has 0 aliphatic carbocycles. The largest absolute Gasteiger partial charge is 0.490 e. The van der Waals surface area contributed by atoms with E-state index in [1.54, 1.807) is 7.11 Å². The number of methoxy groups -OCH3 is 1. The normalized spacial score (nSPS) is 14.0. The van der Waals surface area contributed by atoms with Gasteiger partial charge < -0.3 is 19.2 Å². The van der Waals surface area contributed by atoms with Crippen molar-refractivity contribution in [1.82, 2.24) is 9.97 Å². The van der Waals surface area contributed by atoms with Crippen LogP contribution in [0.4, 0.5) is 0 Å². The van der Waals surface area contributed by atoms with Crippen molar-refractivity contribution >= 4 is 0 Å². The van der Waals surface area contributed by atoms with Crippen molar-refractivity contribution < 1.29 is 14.2 Å². The molecule has 0 unspecified atom stereocenters. The first-order valence-electron chi connectivity index (χ1n) is 6.28. The van der Waals surface area contributed by atoms with E-state index >= 15 is 0 Å². The van der Waals surface area contributed by atoms with E-state index in [1.807, 2.05) is 25.1 Å². The van der Waals surface area contributed by atoms with E-state index in [2.05, 4.69) is 9.97 Å². The first-order chi connectivity index (χ1) is 9.28. The number of aromatic nitrogens is 2. The predicted molar refractivity (Wildman–Crippen MR) is 70.9 cm³/mol. The zero-order valence-electron chi connectivity index (χ0n) is 11.0. The van der Waals surface area contributed by atoms with E-state index in [-0.39, 0.29) is 0 Å². The number of nitrogens with one attached hydrogen (secondary N) is 1. The van der Waals surface area contributed by atoms with Crippen LogP contribution in [0.3, 0.4) is 0 Å². The Balaban J connectivity index is 2.01. The molecular formula is C14H16N2O3. The van der Waals surface area contributed by atoms with E-state index in [4.69, 9.17) is 14.2 Å². The van der Waals surface area contributed by atoms with Gasteiger partial charge in [-0.15, -0.1) is 0 Å². The first kappa shape index (κ1) is 11.9. The summed E-state index contributed by atoms with van der Waals surface area (Å²) in [5, 5.41) is 0. The summed E-state index contributed by atoms with van der Waals surface area (Å²) in [6.07, 6.45) is 0.902. The van der Waals surface area contributed by atoms with Gasteiger partial charge in [0.15, 0.2) is 11.5 Å². The number of imidazole rings is 1. The van der Waals surface area contributed by atoms with Gasteiger partial charge >= 0.3 is 0 Å². The molecular weight excluding hydrogens is 244 g/mol. The highest BCUT2D eigenvalue weighted by Crippen LogP contribution is 2.35. The Kier molecular flexibility index (Phi) is 3.03. The average molecular weight is 260 g/mol. The average Bonchev–Trinajstić information content (AvgIpc) is 2.66. The molecule has 5 nitrogen and oxygen atoms in total. The van der Waals surface area contributed by atoms with Crippen molar-refractivity contribution in [2.75, 3.05) is 20.3 Å². The van der Waals surface area contributed by atoms with E-state index < -0.39 is 0 Å². The number of aromatic amines is 1. The highest BCUT2D eigenvalue weighted by molar-refractivity contribution is 5.66. The van der Waals surface area contributed by atoms with Crippen LogP contribution in [-0.2, 0) is 0 Å². The summed E-state index contributed by atoms with van der Waals surface area (Å²) in [6.45, 7) is 3.34. The van der Waals surface area contributed by atoms with E-state index in [0.717, 1.165) is 34.9 Å². The standard InChI is InChI=1S/C14H16N2O3/c1-9-13(16-14(15-9)17-2)10-4-5-11-12(8-10)19-7-3-6-18-11/h4-5,8H,3,6-7H2,1-2H3,(H,15,16). The lowest BCUT2D eigenvalue weighted by atomic mass is 10.1. The van der Waals surface area contributed by atoms with Gasteiger partial charge in [-0.1, -0.05) is 0 Å². The van der Waals surface area contributed by atoms with Crippen LogP contribution in [0.1, 0.15) is 12.1 Å². The van der Waals surface area contributed by atoms with E-state index in [1.165, 1.54) is 0 Å². The molecule has 2 heterocycles.